The molecule has 1 unspecified atom stereocenters. The van der Waals surface area contributed by atoms with Gasteiger partial charge in [0, 0.05) is 44.6 Å². The van der Waals surface area contributed by atoms with E-state index < -0.39 is 0 Å². The third-order valence-corrected chi connectivity index (χ3v) is 4.96. The molecule has 1 aliphatic heterocycles. The molecule has 0 spiro atoms. The maximum absolute atomic E-state index is 5.33. The molecule has 2 aromatic heterocycles. The Bertz CT molecular complexity index is 629. The molecule has 8 heteroatoms. The van der Waals surface area contributed by atoms with Crippen LogP contribution in [0, 0.1) is 6.92 Å². The van der Waals surface area contributed by atoms with Gasteiger partial charge in [0.25, 0.3) is 0 Å². The molecule has 3 heterocycles. The monoisotopic (exact) mass is 337 g/mol. The molecule has 7 nitrogen and oxygen atoms in total. The second-order valence-electron chi connectivity index (χ2n) is 5.90. The molecule has 0 N–H and O–H groups in total. The molecule has 0 amide bonds. The summed E-state index contributed by atoms with van der Waals surface area (Å²) in [6.07, 6.45) is 0.688. The van der Waals surface area contributed by atoms with E-state index in [9.17, 15) is 0 Å². The highest BCUT2D eigenvalue weighted by Gasteiger charge is 2.26. The maximum Gasteiger partial charge on any atom is 0.240 e. The summed E-state index contributed by atoms with van der Waals surface area (Å²) in [6, 6.07) is 0.421. The van der Waals surface area contributed by atoms with Gasteiger partial charge in [-0.15, -0.1) is 11.3 Å². The average molecular weight is 337 g/mol. The number of hydrogen-bond donors (Lipinski definition) is 0. The molecule has 23 heavy (non-hydrogen) atoms. The minimum absolute atomic E-state index is 0.421. The summed E-state index contributed by atoms with van der Waals surface area (Å²) in [5.41, 5.74) is 1.09. The fourth-order valence-corrected chi connectivity index (χ4v) is 3.71. The third-order valence-electron chi connectivity index (χ3n) is 3.96. The minimum atomic E-state index is 0.421. The first-order valence-electron chi connectivity index (χ1n) is 7.87. The summed E-state index contributed by atoms with van der Waals surface area (Å²) >= 11 is 1.72. The number of thiazole rings is 1. The highest BCUT2D eigenvalue weighted by Crippen LogP contribution is 2.24. The van der Waals surface area contributed by atoms with Crippen molar-refractivity contribution < 1.29 is 9.26 Å². The van der Waals surface area contributed by atoms with Gasteiger partial charge < -0.3 is 14.2 Å². The van der Waals surface area contributed by atoms with Crippen molar-refractivity contribution in [2.75, 3.05) is 38.3 Å². The Labute approximate surface area is 140 Å². The first kappa shape index (κ1) is 16.4. The van der Waals surface area contributed by atoms with Crippen LogP contribution >= 0.6 is 11.3 Å². The highest BCUT2D eigenvalue weighted by molar-refractivity contribution is 7.13. The lowest BCUT2D eigenvalue weighted by Crippen LogP contribution is -2.51. The fourth-order valence-electron chi connectivity index (χ4n) is 2.77. The van der Waals surface area contributed by atoms with Crippen molar-refractivity contribution in [3.8, 4) is 0 Å². The van der Waals surface area contributed by atoms with Gasteiger partial charge in [0.05, 0.1) is 18.8 Å². The number of aryl methyl sites for hydroxylation is 1. The number of anilines is 1. The van der Waals surface area contributed by atoms with Gasteiger partial charge in [0.2, 0.25) is 5.89 Å². The lowest BCUT2D eigenvalue weighted by molar-refractivity contribution is 0.192. The van der Waals surface area contributed by atoms with E-state index in [-0.39, 0.29) is 0 Å². The van der Waals surface area contributed by atoms with Crippen LogP contribution in [0.15, 0.2) is 9.90 Å². The summed E-state index contributed by atoms with van der Waals surface area (Å²) in [5, 5.41) is 7.22. The van der Waals surface area contributed by atoms with E-state index in [0.717, 1.165) is 30.5 Å². The van der Waals surface area contributed by atoms with Crippen molar-refractivity contribution in [1.82, 2.24) is 20.0 Å². The Hall–Kier alpha value is -1.51. The summed E-state index contributed by atoms with van der Waals surface area (Å²) in [7, 11) is 1.67. The summed E-state index contributed by atoms with van der Waals surface area (Å²) in [4.78, 5) is 13.8. The van der Waals surface area contributed by atoms with Crippen molar-refractivity contribution in [2.24, 2.45) is 0 Å². The molecule has 126 valence electrons. The van der Waals surface area contributed by atoms with Gasteiger partial charge in [-0.1, -0.05) is 5.16 Å². The molecule has 0 aromatic carbocycles. The number of methoxy groups -OCH3 is 1. The van der Waals surface area contributed by atoms with E-state index in [0.29, 0.717) is 37.3 Å². The minimum Gasteiger partial charge on any atom is -0.384 e. The van der Waals surface area contributed by atoms with Crippen LogP contribution in [0.5, 0.6) is 0 Å². The van der Waals surface area contributed by atoms with E-state index in [1.165, 1.54) is 0 Å². The lowest BCUT2D eigenvalue weighted by Gasteiger charge is -2.39. The van der Waals surface area contributed by atoms with E-state index in [2.05, 4.69) is 37.2 Å². The van der Waals surface area contributed by atoms with Crippen LogP contribution in [0.25, 0.3) is 0 Å². The van der Waals surface area contributed by atoms with Crippen LogP contribution in [-0.2, 0) is 17.7 Å². The van der Waals surface area contributed by atoms with Gasteiger partial charge >= 0.3 is 0 Å². The third kappa shape index (κ3) is 4.07. The average Bonchev–Trinajstić information content (AvgIpc) is 3.14. The fraction of sp³-hybridized carbons (Fsp3) is 0.667. The molecule has 0 saturated carbocycles. The predicted octanol–water partition coefficient (Wildman–Crippen LogP) is 1.73. The number of piperazine rings is 1. The molecule has 1 fully saturated rings. The molecular weight excluding hydrogens is 314 g/mol. The largest absolute Gasteiger partial charge is 0.384 e. The normalized spacial score (nSPS) is 19.4. The Morgan fingerprint density at radius 1 is 1.39 bits per heavy atom. The lowest BCUT2D eigenvalue weighted by atomic mass is 10.2. The predicted molar refractivity (Wildman–Crippen MR) is 88.8 cm³/mol. The molecule has 1 saturated heterocycles. The quantitative estimate of drug-likeness (QED) is 0.795. The second kappa shape index (κ2) is 7.37. The van der Waals surface area contributed by atoms with Crippen LogP contribution in [0.1, 0.15) is 24.3 Å². The van der Waals surface area contributed by atoms with Gasteiger partial charge in [-0.3, -0.25) is 4.90 Å². The zero-order chi connectivity index (χ0) is 16.2. The van der Waals surface area contributed by atoms with Crippen molar-refractivity contribution in [2.45, 2.75) is 32.9 Å². The Balaban J connectivity index is 1.54. The maximum atomic E-state index is 5.33. The zero-order valence-electron chi connectivity index (χ0n) is 13.9. The highest BCUT2D eigenvalue weighted by atomic mass is 32.1. The molecule has 0 radical (unpaired) electrons. The number of aromatic nitrogens is 3. The molecule has 3 rings (SSSR count). The van der Waals surface area contributed by atoms with Crippen LogP contribution in [0.3, 0.4) is 0 Å². The first-order chi connectivity index (χ1) is 11.2. The van der Waals surface area contributed by atoms with E-state index in [1.54, 1.807) is 18.4 Å². The second-order valence-corrected chi connectivity index (χ2v) is 6.73. The summed E-state index contributed by atoms with van der Waals surface area (Å²) < 4.78 is 10.4. The van der Waals surface area contributed by atoms with Gasteiger partial charge in [0.15, 0.2) is 11.0 Å². The number of hydrogen-bond acceptors (Lipinski definition) is 8. The van der Waals surface area contributed by atoms with Crippen LogP contribution in [0.4, 0.5) is 5.13 Å². The zero-order valence-corrected chi connectivity index (χ0v) is 14.7. The van der Waals surface area contributed by atoms with E-state index >= 15 is 0 Å². The van der Waals surface area contributed by atoms with Gasteiger partial charge in [-0.2, -0.15) is 4.98 Å². The van der Waals surface area contributed by atoms with Crippen molar-refractivity contribution in [1.29, 1.82) is 0 Å². The standard InChI is InChI=1S/C15H23N5O2S/c1-11-10-23-15(16-11)20-6-5-19(8-12(20)2)9-14-17-13(18-22-14)4-7-21-3/h10,12H,4-9H2,1-3H3. The van der Waals surface area contributed by atoms with Crippen molar-refractivity contribution >= 4 is 16.5 Å². The topological polar surface area (TPSA) is 67.5 Å². The van der Waals surface area contributed by atoms with E-state index in [1.807, 2.05) is 6.92 Å². The number of nitrogens with zero attached hydrogens (tertiary/aromatic N) is 5. The van der Waals surface area contributed by atoms with Crippen molar-refractivity contribution in [3.63, 3.8) is 0 Å². The van der Waals surface area contributed by atoms with Crippen LogP contribution < -0.4 is 4.90 Å². The smallest absolute Gasteiger partial charge is 0.240 e. The number of rotatable bonds is 6. The van der Waals surface area contributed by atoms with Gasteiger partial charge in [0.1, 0.15) is 0 Å². The molecule has 1 aliphatic rings. The van der Waals surface area contributed by atoms with Gasteiger partial charge in [-0.05, 0) is 13.8 Å². The Kier molecular flexibility index (Phi) is 5.24. The van der Waals surface area contributed by atoms with Crippen molar-refractivity contribution in [3.05, 3.63) is 22.8 Å². The number of ether oxygens (including phenoxy) is 1. The Morgan fingerprint density at radius 2 is 2.26 bits per heavy atom. The SMILES string of the molecule is COCCc1noc(CN2CCN(c3nc(C)cs3)C(C)C2)n1. The summed E-state index contributed by atoms with van der Waals surface area (Å²) in [6.45, 7) is 8.50. The Morgan fingerprint density at radius 3 is 2.96 bits per heavy atom. The first-order valence-corrected chi connectivity index (χ1v) is 8.75. The molecule has 0 aliphatic carbocycles. The summed E-state index contributed by atoms with van der Waals surface area (Å²) in [5.74, 6) is 1.40. The van der Waals surface area contributed by atoms with Crippen LogP contribution in [0.2, 0.25) is 0 Å². The molecule has 1 atom stereocenters. The van der Waals surface area contributed by atoms with Gasteiger partial charge in [-0.25, -0.2) is 4.98 Å². The van der Waals surface area contributed by atoms with E-state index in [4.69, 9.17) is 9.26 Å². The van der Waals surface area contributed by atoms with Crippen LogP contribution in [-0.4, -0.2) is 59.4 Å². The molecular formula is C15H23N5O2S. The molecule has 2 aromatic rings. The molecule has 0 bridgehead atoms.